The quantitative estimate of drug-likeness (QED) is 0.752. The maximum atomic E-state index is 3.75. The summed E-state index contributed by atoms with van der Waals surface area (Å²) in [5.41, 5.74) is 0.381. The van der Waals surface area contributed by atoms with Crippen LogP contribution in [0.2, 0.25) is 0 Å². The molecule has 0 saturated heterocycles. The molecule has 0 bridgehead atoms. The predicted octanol–water partition coefficient (Wildman–Crippen LogP) is 2.35. The summed E-state index contributed by atoms with van der Waals surface area (Å²) in [5.74, 6) is 0.875. The Labute approximate surface area is 95.4 Å². The summed E-state index contributed by atoms with van der Waals surface area (Å²) in [6.45, 7) is 9.37. The van der Waals surface area contributed by atoms with Crippen molar-refractivity contribution in [3.05, 3.63) is 0 Å². The van der Waals surface area contributed by atoms with Gasteiger partial charge in [0.05, 0.1) is 0 Å². The maximum absolute atomic E-state index is 3.75. The third-order valence-electron chi connectivity index (χ3n) is 3.45. The standard InChI is InChI=1S/C13H28N2/c1-11-7-6-8-12(11)14-9-13(2,3)10-15(4)5/h11-12,14H,6-10H2,1-5H3. The van der Waals surface area contributed by atoms with E-state index in [-0.39, 0.29) is 0 Å². The molecule has 90 valence electrons. The van der Waals surface area contributed by atoms with Crippen molar-refractivity contribution in [1.29, 1.82) is 0 Å². The number of hydrogen-bond donors (Lipinski definition) is 1. The summed E-state index contributed by atoms with van der Waals surface area (Å²) in [4.78, 5) is 2.28. The van der Waals surface area contributed by atoms with Gasteiger partial charge in [0.1, 0.15) is 0 Å². The molecule has 0 amide bonds. The summed E-state index contributed by atoms with van der Waals surface area (Å²) in [7, 11) is 4.31. The molecule has 2 atom stereocenters. The van der Waals surface area contributed by atoms with E-state index in [9.17, 15) is 0 Å². The Morgan fingerprint density at radius 1 is 1.27 bits per heavy atom. The van der Waals surface area contributed by atoms with E-state index in [2.05, 4.69) is 45.1 Å². The normalized spacial score (nSPS) is 27.6. The van der Waals surface area contributed by atoms with E-state index in [0.717, 1.165) is 25.0 Å². The van der Waals surface area contributed by atoms with Gasteiger partial charge in [-0.2, -0.15) is 0 Å². The Bertz CT molecular complexity index is 187. The van der Waals surface area contributed by atoms with Crippen molar-refractivity contribution >= 4 is 0 Å². The zero-order valence-electron chi connectivity index (χ0n) is 11.1. The van der Waals surface area contributed by atoms with Crippen molar-refractivity contribution in [3.63, 3.8) is 0 Å². The van der Waals surface area contributed by atoms with Crippen LogP contribution < -0.4 is 5.32 Å². The van der Waals surface area contributed by atoms with Crippen molar-refractivity contribution in [2.24, 2.45) is 11.3 Å². The molecular formula is C13H28N2. The molecule has 1 rings (SSSR count). The molecule has 0 aromatic heterocycles. The summed E-state index contributed by atoms with van der Waals surface area (Å²) in [6, 6.07) is 0.770. The van der Waals surface area contributed by atoms with Gasteiger partial charge in [0.25, 0.3) is 0 Å². The minimum Gasteiger partial charge on any atom is -0.313 e. The van der Waals surface area contributed by atoms with E-state index in [4.69, 9.17) is 0 Å². The Balaban J connectivity index is 2.28. The second-order valence-corrected chi connectivity index (χ2v) is 6.30. The third-order valence-corrected chi connectivity index (χ3v) is 3.45. The Hall–Kier alpha value is -0.0800. The van der Waals surface area contributed by atoms with Gasteiger partial charge in [-0.3, -0.25) is 0 Å². The average molecular weight is 212 g/mol. The summed E-state index contributed by atoms with van der Waals surface area (Å²) in [5, 5.41) is 3.75. The summed E-state index contributed by atoms with van der Waals surface area (Å²) >= 11 is 0. The lowest BCUT2D eigenvalue weighted by molar-refractivity contribution is 0.220. The Morgan fingerprint density at radius 3 is 2.40 bits per heavy atom. The molecule has 0 radical (unpaired) electrons. The molecule has 1 saturated carbocycles. The molecule has 1 aliphatic rings. The van der Waals surface area contributed by atoms with Gasteiger partial charge in [-0.1, -0.05) is 27.2 Å². The van der Waals surface area contributed by atoms with Crippen molar-refractivity contribution in [3.8, 4) is 0 Å². The average Bonchev–Trinajstić information content (AvgIpc) is 2.45. The number of nitrogens with one attached hydrogen (secondary N) is 1. The van der Waals surface area contributed by atoms with Gasteiger partial charge in [-0.15, -0.1) is 0 Å². The first-order valence-electron chi connectivity index (χ1n) is 6.29. The molecule has 15 heavy (non-hydrogen) atoms. The number of nitrogens with zero attached hydrogens (tertiary/aromatic N) is 1. The lowest BCUT2D eigenvalue weighted by atomic mass is 9.92. The van der Waals surface area contributed by atoms with Crippen LogP contribution in [0.25, 0.3) is 0 Å². The predicted molar refractivity (Wildman–Crippen MR) is 67.1 cm³/mol. The molecular weight excluding hydrogens is 184 g/mol. The lowest BCUT2D eigenvalue weighted by Gasteiger charge is -2.31. The van der Waals surface area contributed by atoms with Crippen LogP contribution in [0, 0.1) is 11.3 Å². The first-order chi connectivity index (χ1) is 6.91. The zero-order chi connectivity index (χ0) is 11.5. The highest BCUT2D eigenvalue weighted by molar-refractivity contribution is 4.83. The van der Waals surface area contributed by atoms with Crippen LogP contribution in [0.1, 0.15) is 40.0 Å². The van der Waals surface area contributed by atoms with Crippen LogP contribution in [-0.4, -0.2) is 38.1 Å². The highest BCUT2D eigenvalue weighted by Gasteiger charge is 2.26. The minimum absolute atomic E-state index is 0.381. The molecule has 1 fully saturated rings. The van der Waals surface area contributed by atoms with E-state index in [1.165, 1.54) is 19.3 Å². The van der Waals surface area contributed by atoms with E-state index in [1.54, 1.807) is 0 Å². The summed E-state index contributed by atoms with van der Waals surface area (Å²) in [6.07, 6.45) is 4.19. The Kier molecular flexibility index (Phi) is 4.60. The maximum Gasteiger partial charge on any atom is 0.00929 e. The van der Waals surface area contributed by atoms with Crippen LogP contribution in [0.3, 0.4) is 0 Å². The first kappa shape index (κ1) is 13.0. The van der Waals surface area contributed by atoms with E-state index >= 15 is 0 Å². The van der Waals surface area contributed by atoms with E-state index in [0.29, 0.717) is 5.41 Å². The lowest BCUT2D eigenvalue weighted by Crippen LogP contribution is -2.42. The van der Waals surface area contributed by atoms with Crippen molar-refractivity contribution in [2.45, 2.75) is 46.1 Å². The Morgan fingerprint density at radius 2 is 1.93 bits per heavy atom. The monoisotopic (exact) mass is 212 g/mol. The van der Waals surface area contributed by atoms with Gasteiger partial charge in [-0.05, 0) is 38.3 Å². The fourth-order valence-corrected chi connectivity index (χ4v) is 2.77. The molecule has 0 aromatic carbocycles. The van der Waals surface area contributed by atoms with Crippen LogP contribution in [0.5, 0.6) is 0 Å². The molecule has 0 spiro atoms. The SMILES string of the molecule is CC1CCCC1NCC(C)(C)CN(C)C. The molecule has 0 aromatic rings. The number of hydrogen-bond acceptors (Lipinski definition) is 2. The fraction of sp³-hybridized carbons (Fsp3) is 1.00. The molecule has 0 aliphatic heterocycles. The van der Waals surface area contributed by atoms with E-state index < -0.39 is 0 Å². The second-order valence-electron chi connectivity index (χ2n) is 6.30. The van der Waals surface area contributed by atoms with Crippen molar-refractivity contribution in [2.75, 3.05) is 27.2 Å². The molecule has 1 aliphatic carbocycles. The van der Waals surface area contributed by atoms with Crippen LogP contribution >= 0.6 is 0 Å². The minimum atomic E-state index is 0.381. The van der Waals surface area contributed by atoms with Gasteiger partial charge in [0, 0.05) is 19.1 Å². The van der Waals surface area contributed by atoms with Crippen LogP contribution in [0.4, 0.5) is 0 Å². The largest absolute Gasteiger partial charge is 0.313 e. The first-order valence-corrected chi connectivity index (χ1v) is 6.29. The van der Waals surface area contributed by atoms with Crippen molar-refractivity contribution < 1.29 is 0 Å². The smallest absolute Gasteiger partial charge is 0.00929 e. The van der Waals surface area contributed by atoms with Crippen LogP contribution in [-0.2, 0) is 0 Å². The molecule has 2 unspecified atom stereocenters. The van der Waals surface area contributed by atoms with Crippen molar-refractivity contribution in [1.82, 2.24) is 10.2 Å². The van der Waals surface area contributed by atoms with Gasteiger partial charge < -0.3 is 10.2 Å². The van der Waals surface area contributed by atoms with Gasteiger partial charge >= 0.3 is 0 Å². The van der Waals surface area contributed by atoms with Gasteiger partial charge in [0.2, 0.25) is 0 Å². The second kappa shape index (κ2) is 5.31. The van der Waals surface area contributed by atoms with Gasteiger partial charge in [-0.25, -0.2) is 0 Å². The molecule has 2 nitrogen and oxygen atoms in total. The molecule has 1 N–H and O–H groups in total. The fourth-order valence-electron chi connectivity index (χ4n) is 2.77. The summed E-state index contributed by atoms with van der Waals surface area (Å²) < 4.78 is 0. The molecule has 0 heterocycles. The molecule has 2 heteroatoms. The number of rotatable bonds is 5. The highest BCUT2D eigenvalue weighted by atomic mass is 15.1. The third kappa shape index (κ3) is 4.52. The van der Waals surface area contributed by atoms with Gasteiger partial charge in [0.15, 0.2) is 0 Å². The van der Waals surface area contributed by atoms with E-state index in [1.807, 2.05) is 0 Å². The van der Waals surface area contributed by atoms with Crippen LogP contribution in [0.15, 0.2) is 0 Å². The highest BCUT2D eigenvalue weighted by Crippen LogP contribution is 2.25. The topological polar surface area (TPSA) is 15.3 Å². The zero-order valence-corrected chi connectivity index (χ0v) is 11.1.